The van der Waals surface area contributed by atoms with E-state index in [1.54, 1.807) is 0 Å². The lowest BCUT2D eigenvalue weighted by atomic mass is 10.1. The van der Waals surface area contributed by atoms with Gasteiger partial charge in [0.05, 0.1) is 23.9 Å². The van der Waals surface area contributed by atoms with E-state index in [0.717, 1.165) is 19.3 Å². The van der Waals surface area contributed by atoms with Gasteiger partial charge in [-0.05, 0) is 31.7 Å². The molecule has 1 atom stereocenters. The lowest BCUT2D eigenvalue weighted by Gasteiger charge is -2.20. The molecule has 0 aliphatic carbocycles. The monoisotopic (exact) mass is 312 g/mol. The molecule has 0 N–H and O–H groups in total. The summed E-state index contributed by atoms with van der Waals surface area (Å²) in [4.78, 5) is 12.3. The number of hydrogen-bond donors (Lipinski definition) is 0. The average Bonchev–Trinajstić information content (AvgIpc) is 2.88. The van der Waals surface area contributed by atoms with Gasteiger partial charge in [0.15, 0.2) is 15.6 Å². The van der Waals surface area contributed by atoms with Crippen molar-refractivity contribution in [2.45, 2.75) is 63.7 Å². The summed E-state index contributed by atoms with van der Waals surface area (Å²) >= 11 is 0. The van der Waals surface area contributed by atoms with Crippen LogP contribution in [0.2, 0.25) is 0 Å². The molecule has 1 unspecified atom stereocenters. The zero-order valence-electron chi connectivity index (χ0n) is 12.8. The van der Waals surface area contributed by atoms with Crippen LogP contribution in [0.5, 0.6) is 0 Å². The van der Waals surface area contributed by atoms with Gasteiger partial charge in [0.2, 0.25) is 0 Å². The normalized spacial score (nSPS) is 21.6. The molecule has 1 aromatic rings. The Morgan fingerprint density at radius 3 is 2.71 bits per heavy atom. The van der Waals surface area contributed by atoms with Gasteiger partial charge in [-0.1, -0.05) is 20.3 Å². The van der Waals surface area contributed by atoms with Crippen LogP contribution in [0.3, 0.4) is 0 Å². The Morgan fingerprint density at radius 1 is 1.38 bits per heavy atom. The molecule has 1 aliphatic rings. The third-order valence-corrected chi connectivity index (χ3v) is 6.50. The number of carbonyl (C=O) groups is 1. The zero-order chi connectivity index (χ0) is 15.5. The minimum absolute atomic E-state index is 0.122. The smallest absolute Gasteiger partial charge is 0.160 e. The topological polar surface area (TPSA) is 69.0 Å². The number of aromatic nitrogens is 2. The maximum Gasteiger partial charge on any atom is 0.160 e. The van der Waals surface area contributed by atoms with Crippen LogP contribution in [0.25, 0.3) is 0 Å². The summed E-state index contributed by atoms with van der Waals surface area (Å²) in [5, 5.41) is 3.62. The van der Waals surface area contributed by atoms with Gasteiger partial charge in [-0.3, -0.25) is 9.48 Å². The van der Waals surface area contributed by atoms with Crippen molar-refractivity contribution in [2.75, 3.05) is 5.75 Å². The van der Waals surface area contributed by atoms with E-state index in [1.807, 2.05) is 16.9 Å². The summed E-state index contributed by atoms with van der Waals surface area (Å²) in [5.41, 5.74) is 0.674. The van der Waals surface area contributed by atoms with Crippen molar-refractivity contribution in [3.8, 4) is 0 Å². The molecule has 0 spiro atoms. The number of ketones is 1. The van der Waals surface area contributed by atoms with Gasteiger partial charge in [0, 0.05) is 6.20 Å². The first-order chi connectivity index (χ1) is 9.97. The third kappa shape index (κ3) is 3.73. The number of hydrogen-bond acceptors (Lipinski definition) is 4. The largest absolute Gasteiger partial charge is 0.298 e. The van der Waals surface area contributed by atoms with Crippen LogP contribution in [0.4, 0.5) is 0 Å². The Labute approximate surface area is 126 Å². The van der Waals surface area contributed by atoms with Crippen LogP contribution in [0, 0.1) is 0 Å². The molecule has 1 saturated heterocycles. The molecule has 1 fully saturated rings. The molecule has 1 aliphatic heterocycles. The predicted octanol–water partition coefficient (Wildman–Crippen LogP) is 2.32. The first kappa shape index (κ1) is 16.2. The predicted molar refractivity (Wildman–Crippen MR) is 82.0 cm³/mol. The summed E-state index contributed by atoms with van der Waals surface area (Å²) < 4.78 is 25.8. The van der Waals surface area contributed by atoms with E-state index >= 15 is 0 Å². The molecule has 0 bridgehead atoms. The van der Waals surface area contributed by atoms with Crippen molar-refractivity contribution < 1.29 is 13.2 Å². The Hall–Kier alpha value is -1.17. The maximum atomic E-state index is 12.3. The Balaban J connectivity index is 2.06. The van der Waals surface area contributed by atoms with Gasteiger partial charge in [0.25, 0.3) is 0 Å². The second-order valence-corrected chi connectivity index (χ2v) is 8.05. The average molecular weight is 312 g/mol. The number of sulfone groups is 1. The molecule has 0 saturated carbocycles. The minimum atomic E-state index is -3.25. The first-order valence-electron chi connectivity index (χ1n) is 7.76. The number of carbonyl (C=O) groups excluding carboxylic acids is 1. The van der Waals surface area contributed by atoms with Gasteiger partial charge in [-0.15, -0.1) is 0 Å². The van der Waals surface area contributed by atoms with Crippen molar-refractivity contribution in [1.82, 2.24) is 9.78 Å². The van der Waals surface area contributed by atoms with Gasteiger partial charge in [-0.25, -0.2) is 8.42 Å². The summed E-state index contributed by atoms with van der Waals surface area (Å²) in [6, 6.07) is 2.17. The molecular formula is C15H24N2O3S. The maximum absolute atomic E-state index is 12.3. The van der Waals surface area contributed by atoms with E-state index in [0.29, 0.717) is 24.6 Å². The first-order valence-corrected chi connectivity index (χ1v) is 9.47. The molecule has 0 radical (unpaired) electrons. The van der Waals surface area contributed by atoms with Crippen LogP contribution >= 0.6 is 0 Å². The molecule has 0 aromatic carbocycles. The van der Waals surface area contributed by atoms with Crippen LogP contribution in [0.15, 0.2) is 12.3 Å². The van der Waals surface area contributed by atoms with Crippen molar-refractivity contribution >= 4 is 15.6 Å². The fourth-order valence-corrected chi connectivity index (χ4v) is 4.85. The van der Waals surface area contributed by atoms with E-state index in [-0.39, 0.29) is 18.0 Å². The summed E-state index contributed by atoms with van der Waals surface area (Å²) in [6.45, 7) is 4.21. The Kier molecular flexibility index (Phi) is 5.19. The van der Waals surface area contributed by atoms with Crippen LogP contribution in [-0.2, 0) is 21.1 Å². The fourth-order valence-electron chi connectivity index (χ4n) is 2.95. The van der Waals surface area contributed by atoms with Crippen LogP contribution in [-0.4, -0.2) is 35.0 Å². The SMILES string of the molecule is CCC(CC)n1ccc(CC(=O)C2CCCCS2(=O)=O)n1. The highest BCUT2D eigenvalue weighted by molar-refractivity contribution is 7.92. The quantitative estimate of drug-likeness (QED) is 0.808. The van der Waals surface area contributed by atoms with Crippen molar-refractivity contribution in [3.63, 3.8) is 0 Å². The van der Waals surface area contributed by atoms with Gasteiger partial charge >= 0.3 is 0 Å². The fraction of sp³-hybridized carbons (Fsp3) is 0.733. The van der Waals surface area contributed by atoms with E-state index < -0.39 is 15.1 Å². The molecule has 0 amide bonds. The summed E-state index contributed by atoms with van der Waals surface area (Å²) in [6.07, 6.45) is 5.94. The molecule has 2 heterocycles. The molecular weight excluding hydrogens is 288 g/mol. The summed E-state index contributed by atoms with van der Waals surface area (Å²) in [7, 11) is -3.25. The molecule has 1 aromatic heterocycles. The highest BCUT2D eigenvalue weighted by atomic mass is 32.2. The third-order valence-electron chi connectivity index (χ3n) is 4.27. The van der Waals surface area contributed by atoms with Gasteiger partial charge < -0.3 is 0 Å². The zero-order valence-corrected chi connectivity index (χ0v) is 13.6. The second kappa shape index (κ2) is 6.73. The number of rotatable bonds is 6. The second-order valence-electron chi connectivity index (χ2n) is 5.75. The van der Waals surface area contributed by atoms with E-state index in [1.165, 1.54) is 0 Å². The number of nitrogens with zero attached hydrogens (tertiary/aromatic N) is 2. The highest BCUT2D eigenvalue weighted by Crippen LogP contribution is 2.22. The van der Waals surface area contributed by atoms with E-state index in [4.69, 9.17) is 0 Å². The van der Waals surface area contributed by atoms with E-state index in [2.05, 4.69) is 18.9 Å². The lowest BCUT2D eigenvalue weighted by molar-refractivity contribution is -0.118. The van der Waals surface area contributed by atoms with Crippen molar-refractivity contribution in [1.29, 1.82) is 0 Å². The van der Waals surface area contributed by atoms with E-state index in [9.17, 15) is 13.2 Å². The molecule has 6 heteroatoms. The highest BCUT2D eigenvalue weighted by Gasteiger charge is 2.34. The van der Waals surface area contributed by atoms with Gasteiger partial charge in [-0.2, -0.15) is 5.10 Å². The molecule has 2 rings (SSSR count). The molecule has 118 valence electrons. The lowest BCUT2D eigenvalue weighted by Crippen LogP contribution is -2.36. The Morgan fingerprint density at radius 2 is 2.10 bits per heavy atom. The molecule has 5 nitrogen and oxygen atoms in total. The molecule has 21 heavy (non-hydrogen) atoms. The van der Waals surface area contributed by atoms with Crippen LogP contribution < -0.4 is 0 Å². The van der Waals surface area contributed by atoms with Crippen molar-refractivity contribution in [3.05, 3.63) is 18.0 Å². The van der Waals surface area contributed by atoms with Crippen molar-refractivity contribution in [2.24, 2.45) is 0 Å². The number of Topliss-reactive ketones (excluding diaryl/α,β-unsaturated/α-hetero) is 1. The Bertz CT molecular complexity index is 588. The standard InChI is InChI=1S/C15H24N2O3S/c1-3-13(4-2)17-9-8-12(16-17)11-14(18)15-7-5-6-10-21(15,19)20/h8-9,13,15H,3-7,10-11H2,1-2H3. The van der Waals surface area contributed by atoms with Crippen LogP contribution in [0.1, 0.15) is 57.7 Å². The van der Waals surface area contributed by atoms with Gasteiger partial charge in [0.1, 0.15) is 5.25 Å². The minimum Gasteiger partial charge on any atom is -0.298 e. The summed E-state index contributed by atoms with van der Waals surface area (Å²) in [5.74, 6) is -0.0597.